The Kier molecular flexibility index (Phi) is 3.42. The van der Waals surface area contributed by atoms with Gasteiger partial charge in [-0.3, -0.25) is 4.79 Å². The average Bonchev–Trinajstić information content (AvgIpc) is 2.37. The number of amidine groups is 1. The van der Waals surface area contributed by atoms with E-state index in [1.807, 2.05) is 20.8 Å². The van der Waals surface area contributed by atoms with Crippen molar-refractivity contribution >= 4 is 22.8 Å². The van der Waals surface area contributed by atoms with Gasteiger partial charge in [0, 0.05) is 12.1 Å². The first kappa shape index (κ1) is 12.5. The summed E-state index contributed by atoms with van der Waals surface area (Å²) in [6, 6.07) is 0. The maximum Gasteiger partial charge on any atom is 0.268 e. The molecule has 15 heavy (non-hydrogen) atoms. The number of carbonyl (C=O) groups is 1. The van der Waals surface area contributed by atoms with Crippen LogP contribution in [-0.4, -0.2) is 39.6 Å². The zero-order valence-electron chi connectivity index (χ0n) is 9.20. The normalized spacial score (nSPS) is 26.9. The number of rotatable bonds is 3. The minimum atomic E-state index is -0.933. The quantitative estimate of drug-likeness (QED) is 0.620. The van der Waals surface area contributed by atoms with Gasteiger partial charge in [-0.05, 0) is 20.8 Å². The minimum Gasteiger partial charge on any atom is -0.394 e. The van der Waals surface area contributed by atoms with E-state index in [9.17, 15) is 9.90 Å². The Bertz CT molecular complexity index is 298. The lowest BCUT2D eigenvalue weighted by molar-refractivity contribution is -0.120. The molecule has 4 N–H and O–H groups in total. The predicted octanol–water partition coefficient (Wildman–Crippen LogP) is -0.306. The number of hydrogen-bond donors (Lipinski definition) is 3. The summed E-state index contributed by atoms with van der Waals surface area (Å²) in [6.07, 6.45) is 0. The first-order chi connectivity index (χ1) is 6.79. The number of hydrogen-bond acceptors (Lipinski definition) is 5. The number of nitrogens with two attached hydrogens (primary N) is 1. The second-order valence-electron chi connectivity index (χ2n) is 4.61. The summed E-state index contributed by atoms with van der Waals surface area (Å²) >= 11 is 1.13. The summed E-state index contributed by atoms with van der Waals surface area (Å²) in [7, 11) is 0. The average molecular weight is 231 g/mol. The molecule has 1 aliphatic rings. The van der Waals surface area contributed by atoms with Crippen molar-refractivity contribution in [2.24, 2.45) is 10.7 Å². The number of thioether (sulfide) groups is 1. The second-order valence-corrected chi connectivity index (χ2v) is 6.02. The highest BCUT2D eigenvalue weighted by Gasteiger charge is 2.44. The van der Waals surface area contributed by atoms with Crippen LogP contribution in [-0.2, 0) is 4.79 Å². The summed E-state index contributed by atoms with van der Waals surface area (Å²) in [6.45, 7) is 6.08. The third-order valence-electron chi connectivity index (χ3n) is 2.06. The molecule has 0 aliphatic carbocycles. The molecule has 0 saturated heterocycles. The van der Waals surface area contributed by atoms with Gasteiger partial charge < -0.3 is 16.2 Å². The maximum atomic E-state index is 11.6. The van der Waals surface area contributed by atoms with Crippen LogP contribution >= 0.6 is 11.8 Å². The van der Waals surface area contributed by atoms with E-state index in [0.717, 1.165) is 11.8 Å². The molecule has 0 aromatic rings. The monoisotopic (exact) mass is 231 g/mol. The van der Waals surface area contributed by atoms with Crippen molar-refractivity contribution in [1.82, 2.24) is 5.32 Å². The van der Waals surface area contributed by atoms with E-state index >= 15 is 0 Å². The van der Waals surface area contributed by atoms with Crippen LogP contribution in [0.5, 0.6) is 0 Å². The topological polar surface area (TPSA) is 87.7 Å². The number of aliphatic imine (C=N–C) groups is 1. The molecule has 1 atom stereocenters. The molecule has 1 aliphatic heterocycles. The fourth-order valence-corrected chi connectivity index (χ4v) is 2.01. The van der Waals surface area contributed by atoms with Crippen molar-refractivity contribution in [2.75, 3.05) is 13.2 Å². The number of nitrogens with one attached hydrogen (secondary N) is 1. The smallest absolute Gasteiger partial charge is 0.268 e. The van der Waals surface area contributed by atoms with Crippen molar-refractivity contribution in [3.05, 3.63) is 0 Å². The van der Waals surface area contributed by atoms with Crippen molar-refractivity contribution in [3.8, 4) is 0 Å². The van der Waals surface area contributed by atoms with Gasteiger partial charge in [-0.15, -0.1) is 0 Å². The third kappa shape index (κ3) is 2.93. The highest BCUT2D eigenvalue weighted by Crippen LogP contribution is 2.32. The van der Waals surface area contributed by atoms with Crippen LogP contribution in [0.25, 0.3) is 0 Å². The summed E-state index contributed by atoms with van der Waals surface area (Å²) in [5.41, 5.74) is 5.36. The Morgan fingerprint density at radius 1 is 1.60 bits per heavy atom. The lowest BCUT2D eigenvalue weighted by Crippen LogP contribution is -2.50. The summed E-state index contributed by atoms with van der Waals surface area (Å²) in [4.78, 5) is 15.2. The van der Waals surface area contributed by atoms with Gasteiger partial charge in [0.25, 0.3) is 5.91 Å². The van der Waals surface area contributed by atoms with Crippen molar-refractivity contribution in [2.45, 2.75) is 31.1 Å². The molecule has 0 fully saturated rings. The molecule has 0 radical (unpaired) electrons. The third-order valence-corrected chi connectivity index (χ3v) is 3.20. The first-order valence-corrected chi connectivity index (χ1v) is 5.54. The molecule has 0 aromatic carbocycles. The maximum absolute atomic E-state index is 11.6. The zero-order chi connectivity index (χ0) is 11.7. The van der Waals surface area contributed by atoms with Crippen LogP contribution in [0.1, 0.15) is 20.8 Å². The largest absolute Gasteiger partial charge is 0.394 e. The summed E-state index contributed by atoms with van der Waals surface area (Å²) in [5.74, 6) is -0.357. The van der Waals surface area contributed by atoms with Crippen LogP contribution < -0.4 is 11.1 Å². The van der Waals surface area contributed by atoms with Gasteiger partial charge >= 0.3 is 0 Å². The van der Waals surface area contributed by atoms with E-state index in [1.165, 1.54) is 0 Å². The molecule has 0 spiro atoms. The minimum absolute atomic E-state index is 0.111. The molecule has 0 aromatic heterocycles. The van der Waals surface area contributed by atoms with Gasteiger partial charge in [0.2, 0.25) is 0 Å². The van der Waals surface area contributed by atoms with Crippen molar-refractivity contribution in [3.63, 3.8) is 0 Å². The molecule has 86 valence electrons. The fraction of sp³-hybridized carbons (Fsp3) is 0.778. The number of aliphatic hydroxyl groups excluding tert-OH is 1. The standard InChI is InChI=1S/C9H17N3O2S/c1-8(2,3)11-4-9(5-13)6(14)12-7(10)15-9/h11,13H,4-5H2,1-3H3,(H2,10,12,14)/t9-/m0/s1. The van der Waals surface area contributed by atoms with Crippen LogP contribution in [0.15, 0.2) is 4.99 Å². The molecule has 1 rings (SSSR count). The second kappa shape index (κ2) is 4.11. The van der Waals surface area contributed by atoms with Gasteiger partial charge in [-0.2, -0.15) is 4.99 Å². The van der Waals surface area contributed by atoms with E-state index < -0.39 is 4.75 Å². The van der Waals surface area contributed by atoms with E-state index in [2.05, 4.69) is 10.3 Å². The van der Waals surface area contributed by atoms with Gasteiger partial charge in [0.1, 0.15) is 4.75 Å². The van der Waals surface area contributed by atoms with E-state index in [4.69, 9.17) is 5.73 Å². The van der Waals surface area contributed by atoms with Crippen LogP contribution in [0.3, 0.4) is 0 Å². The molecule has 1 heterocycles. The highest BCUT2D eigenvalue weighted by atomic mass is 32.2. The molecule has 0 bridgehead atoms. The van der Waals surface area contributed by atoms with Crippen molar-refractivity contribution < 1.29 is 9.90 Å². The Hall–Kier alpha value is -0.590. The molecule has 5 nitrogen and oxygen atoms in total. The number of amides is 1. The molecular weight excluding hydrogens is 214 g/mol. The van der Waals surface area contributed by atoms with E-state index in [-0.39, 0.29) is 23.2 Å². The SMILES string of the molecule is CC(C)(C)NC[C@@]1(CO)SC(N)=NC1=O. The van der Waals surface area contributed by atoms with E-state index in [1.54, 1.807) is 0 Å². The van der Waals surface area contributed by atoms with Gasteiger partial charge in [0.15, 0.2) is 5.17 Å². The first-order valence-electron chi connectivity index (χ1n) is 4.73. The number of carbonyl (C=O) groups excluding carboxylic acids is 1. The van der Waals surface area contributed by atoms with Crippen molar-refractivity contribution in [1.29, 1.82) is 0 Å². The number of nitrogens with zero attached hydrogens (tertiary/aromatic N) is 1. The molecular formula is C9H17N3O2S. The van der Waals surface area contributed by atoms with Crippen LogP contribution in [0.2, 0.25) is 0 Å². The van der Waals surface area contributed by atoms with Gasteiger partial charge in [-0.25, -0.2) is 0 Å². The Balaban J connectivity index is 2.68. The predicted molar refractivity (Wildman–Crippen MR) is 61.8 cm³/mol. The zero-order valence-corrected chi connectivity index (χ0v) is 10.0. The molecule has 6 heteroatoms. The Morgan fingerprint density at radius 3 is 2.53 bits per heavy atom. The number of aliphatic hydroxyl groups is 1. The van der Waals surface area contributed by atoms with Gasteiger partial charge in [0.05, 0.1) is 6.61 Å². The summed E-state index contributed by atoms with van der Waals surface area (Å²) in [5, 5.41) is 12.7. The molecule has 1 amide bonds. The Labute approximate surface area is 93.5 Å². The fourth-order valence-electron chi connectivity index (χ4n) is 1.14. The van der Waals surface area contributed by atoms with Crippen LogP contribution in [0.4, 0.5) is 0 Å². The van der Waals surface area contributed by atoms with E-state index in [0.29, 0.717) is 6.54 Å². The lowest BCUT2D eigenvalue weighted by Gasteiger charge is -2.28. The molecule has 0 unspecified atom stereocenters. The van der Waals surface area contributed by atoms with Gasteiger partial charge in [-0.1, -0.05) is 11.8 Å². The molecule has 0 saturated carbocycles. The van der Waals surface area contributed by atoms with Crippen LogP contribution in [0, 0.1) is 0 Å². The highest BCUT2D eigenvalue weighted by molar-refractivity contribution is 8.16. The lowest BCUT2D eigenvalue weighted by atomic mass is 10.1. The Morgan fingerprint density at radius 2 is 2.20 bits per heavy atom. The summed E-state index contributed by atoms with van der Waals surface area (Å²) < 4.78 is -0.933.